The van der Waals surface area contributed by atoms with E-state index in [1.165, 1.54) is 19.3 Å². The van der Waals surface area contributed by atoms with Crippen molar-refractivity contribution in [2.45, 2.75) is 58.2 Å². The highest BCUT2D eigenvalue weighted by molar-refractivity contribution is 4.98. The normalized spacial score (nSPS) is 44.2. The van der Waals surface area contributed by atoms with Gasteiger partial charge in [0, 0.05) is 18.1 Å². The van der Waals surface area contributed by atoms with Gasteiger partial charge in [0.05, 0.1) is 0 Å². The van der Waals surface area contributed by atoms with Crippen molar-refractivity contribution in [3.8, 4) is 0 Å². The quantitative estimate of drug-likeness (QED) is 0.558. The second-order valence-electron chi connectivity index (χ2n) is 4.51. The molecule has 2 bridgehead atoms. The molecule has 0 aromatic rings. The lowest BCUT2D eigenvalue weighted by Gasteiger charge is -2.36. The largest absolute Gasteiger partial charge is 0.295 e. The van der Waals surface area contributed by atoms with Crippen LogP contribution in [0.4, 0.5) is 0 Å². The third kappa shape index (κ3) is 1.01. The SMILES string of the molecule is CC(C)N1C2CCC(C2)C1C. The highest BCUT2D eigenvalue weighted by Gasteiger charge is 2.43. The molecule has 2 fully saturated rings. The van der Waals surface area contributed by atoms with Crippen molar-refractivity contribution in [2.24, 2.45) is 5.92 Å². The summed E-state index contributed by atoms with van der Waals surface area (Å²) in [6.45, 7) is 7.07. The second kappa shape index (κ2) is 2.48. The Labute approximate surface area is 69.8 Å². The van der Waals surface area contributed by atoms with E-state index in [9.17, 15) is 0 Å². The summed E-state index contributed by atoms with van der Waals surface area (Å²) >= 11 is 0. The van der Waals surface area contributed by atoms with Crippen LogP contribution in [0.3, 0.4) is 0 Å². The average Bonchev–Trinajstić information content (AvgIpc) is 2.44. The Balaban J connectivity index is 2.11. The number of rotatable bonds is 1. The smallest absolute Gasteiger partial charge is 0.0104 e. The summed E-state index contributed by atoms with van der Waals surface area (Å²) in [6.07, 6.45) is 4.45. The number of hydrogen-bond acceptors (Lipinski definition) is 1. The Kier molecular flexibility index (Phi) is 1.71. The van der Waals surface area contributed by atoms with Crippen LogP contribution in [0.2, 0.25) is 0 Å². The first-order valence-corrected chi connectivity index (χ1v) is 4.97. The molecule has 1 saturated heterocycles. The monoisotopic (exact) mass is 153 g/mol. The Morgan fingerprint density at radius 2 is 2.00 bits per heavy atom. The van der Waals surface area contributed by atoms with E-state index in [4.69, 9.17) is 0 Å². The van der Waals surface area contributed by atoms with Crippen LogP contribution in [-0.4, -0.2) is 23.0 Å². The van der Waals surface area contributed by atoms with Gasteiger partial charge < -0.3 is 0 Å². The Morgan fingerprint density at radius 3 is 2.36 bits per heavy atom. The lowest BCUT2D eigenvalue weighted by Crippen LogP contribution is -2.43. The van der Waals surface area contributed by atoms with Gasteiger partial charge in [-0.25, -0.2) is 0 Å². The molecule has 0 spiro atoms. The summed E-state index contributed by atoms with van der Waals surface area (Å²) in [7, 11) is 0. The highest BCUT2D eigenvalue weighted by Crippen LogP contribution is 2.42. The summed E-state index contributed by atoms with van der Waals surface area (Å²) in [5, 5.41) is 0. The molecule has 0 aromatic carbocycles. The highest BCUT2D eigenvalue weighted by atomic mass is 15.2. The van der Waals surface area contributed by atoms with Crippen LogP contribution in [0.5, 0.6) is 0 Å². The molecule has 3 unspecified atom stereocenters. The van der Waals surface area contributed by atoms with Gasteiger partial charge in [0.1, 0.15) is 0 Å². The van der Waals surface area contributed by atoms with Crippen molar-refractivity contribution in [3.05, 3.63) is 0 Å². The molecule has 0 amide bonds. The van der Waals surface area contributed by atoms with Gasteiger partial charge in [0.15, 0.2) is 0 Å². The molecule has 1 heterocycles. The first-order chi connectivity index (χ1) is 5.20. The standard InChI is InChI=1S/C10H19N/c1-7(2)11-8(3)9-4-5-10(11)6-9/h7-10H,4-6H2,1-3H3. The molecule has 0 N–H and O–H groups in total. The zero-order chi connectivity index (χ0) is 8.01. The van der Waals surface area contributed by atoms with E-state index in [0.717, 1.165) is 24.0 Å². The molecule has 2 rings (SSSR count). The molecule has 3 atom stereocenters. The lowest BCUT2D eigenvalue weighted by atomic mass is 9.99. The molecule has 0 radical (unpaired) electrons. The molecule has 2 aliphatic rings. The third-order valence-electron chi connectivity index (χ3n) is 3.62. The van der Waals surface area contributed by atoms with Gasteiger partial charge in [-0.15, -0.1) is 0 Å². The van der Waals surface area contributed by atoms with Gasteiger partial charge in [-0.3, -0.25) is 4.90 Å². The van der Waals surface area contributed by atoms with E-state index in [1.807, 2.05) is 0 Å². The van der Waals surface area contributed by atoms with Gasteiger partial charge in [-0.2, -0.15) is 0 Å². The second-order valence-corrected chi connectivity index (χ2v) is 4.51. The summed E-state index contributed by atoms with van der Waals surface area (Å²) in [5.41, 5.74) is 0. The predicted molar refractivity (Wildman–Crippen MR) is 47.6 cm³/mol. The maximum atomic E-state index is 2.72. The minimum absolute atomic E-state index is 0.764. The van der Waals surface area contributed by atoms with Crippen molar-refractivity contribution in [1.29, 1.82) is 0 Å². The van der Waals surface area contributed by atoms with Crippen LogP contribution in [0, 0.1) is 5.92 Å². The first-order valence-electron chi connectivity index (χ1n) is 4.97. The van der Waals surface area contributed by atoms with Crippen molar-refractivity contribution < 1.29 is 0 Å². The van der Waals surface area contributed by atoms with Gasteiger partial charge in [0.25, 0.3) is 0 Å². The fourth-order valence-corrected chi connectivity index (χ4v) is 3.17. The van der Waals surface area contributed by atoms with Crippen molar-refractivity contribution in [1.82, 2.24) is 4.90 Å². The molecule has 64 valence electrons. The number of fused-ring (bicyclic) bond motifs is 2. The number of nitrogens with zero attached hydrogens (tertiary/aromatic N) is 1. The molecule has 11 heavy (non-hydrogen) atoms. The van der Waals surface area contributed by atoms with E-state index >= 15 is 0 Å². The maximum Gasteiger partial charge on any atom is 0.0104 e. The van der Waals surface area contributed by atoms with Crippen LogP contribution in [0.15, 0.2) is 0 Å². The molecule has 1 heteroatoms. The Hall–Kier alpha value is -0.0400. The fraction of sp³-hybridized carbons (Fsp3) is 1.00. The van der Waals surface area contributed by atoms with Gasteiger partial charge >= 0.3 is 0 Å². The molecule has 1 saturated carbocycles. The van der Waals surface area contributed by atoms with Crippen molar-refractivity contribution >= 4 is 0 Å². The third-order valence-corrected chi connectivity index (χ3v) is 3.62. The molecule has 0 aromatic heterocycles. The Bertz CT molecular complexity index is 151. The maximum absolute atomic E-state index is 2.72. The minimum Gasteiger partial charge on any atom is -0.295 e. The zero-order valence-electron chi connectivity index (χ0n) is 7.88. The zero-order valence-corrected chi connectivity index (χ0v) is 7.88. The number of likely N-dealkylation sites (tertiary alicyclic amines) is 1. The van der Waals surface area contributed by atoms with Gasteiger partial charge in [-0.05, 0) is 46.0 Å². The van der Waals surface area contributed by atoms with Crippen LogP contribution < -0.4 is 0 Å². The van der Waals surface area contributed by atoms with Crippen molar-refractivity contribution in [3.63, 3.8) is 0 Å². The predicted octanol–water partition coefficient (Wildman–Crippen LogP) is 2.27. The van der Waals surface area contributed by atoms with E-state index < -0.39 is 0 Å². The summed E-state index contributed by atoms with van der Waals surface area (Å²) in [4.78, 5) is 2.72. The summed E-state index contributed by atoms with van der Waals surface area (Å²) in [6, 6.07) is 2.57. The van der Waals surface area contributed by atoms with Crippen LogP contribution in [-0.2, 0) is 0 Å². The van der Waals surface area contributed by atoms with Crippen LogP contribution in [0.25, 0.3) is 0 Å². The number of hydrogen-bond donors (Lipinski definition) is 0. The first kappa shape index (κ1) is 7.60. The molecule has 1 aliphatic carbocycles. The van der Waals surface area contributed by atoms with Gasteiger partial charge in [-0.1, -0.05) is 0 Å². The number of piperidine rings is 1. The van der Waals surface area contributed by atoms with E-state index in [2.05, 4.69) is 25.7 Å². The van der Waals surface area contributed by atoms with E-state index in [-0.39, 0.29) is 0 Å². The fourth-order valence-electron chi connectivity index (χ4n) is 3.17. The molecular formula is C10H19N. The summed E-state index contributed by atoms with van der Waals surface area (Å²) in [5.74, 6) is 1.03. The molecule has 1 aliphatic heterocycles. The average molecular weight is 153 g/mol. The Morgan fingerprint density at radius 1 is 1.27 bits per heavy atom. The van der Waals surface area contributed by atoms with E-state index in [0.29, 0.717) is 0 Å². The van der Waals surface area contributed by atoms with Crippen molar-refractivity contribution in [2.75, 3.05) is 0 Å². The minimum atomic E-state index is 0.764. The lowest BCUT2D eigenvalue weighted by molar-refractivity contribution is 0.114. The van der Waals surface area contributed by atoms with Crippen LogP contribution >= 0.6 is 0 Å². The summed E-state index contributed by atoms with van der Waals surface area (Å²) < 4.78 is 0. The van der Waals surface area contributed by atoms with E-state index in [1.54, 1.807) is 0 Å². The molecular weight excluding hydrogens is 134 g/mol. The van der Waals surface area contributed by atoms with Crippen LogP contribution in [0.1, 0.15) is 40.0 Å². The topological polar surface area (TPSA) is 3.24 Å². The van der Waals surface area contributed by atoms with Gasteiger partial charge in [0.2, 0.25) is 0 Å². The molecule has 1 nitrogen and oxygen atoms in total.